The smallest absolute Gasteiger partial charge is 0.338 e. The number of carbonyl (C=O) groups excluding carboxylic acids is 1. The molecule has 3 aromatic rings. The van der Waals surface area contributed by atoms with Crippen molar-refractivity contribution in [1.82, 2.24) is 0 Å². The lowest BCUT2D eigenvalue weighted by molar-refractivity contribution is 0.0598. The van der Waals surface area contributed by atoms with E-state index < -0.39 is 17.6 Å². The van der Waals surface area contributed by atoms with Gasteiger partial charge in [-0.3, -0.25) is 0 Å². The number of thioether (sulfide) groups is 1. The van der Waals surface area contributed by atoms with Gasteiger partial charge in [-0.15, -0.1) is 11.8 Å². The third-order valence-electron chi connectivity index (χ3n) is 4.42. The van der Waals surface area contributed by atoms with Crippen molar-refractivity contribution in [2.45, 2.75) is 17.1 Å². The predicted octanol–water partition coefficient (Wildman–Crippen LogP) is 6.58. The first-order chi connectivity index (χ1) is 14.5. The Labute approximate surface area is 176 Å². The first-order valence-electron chi connectivity index (χ1n) is 8.94. The second kappa shape index (κ2) is 9.91. The van der Waals surface area contributed by atoms with Crippen molar-refractivity contribution in [1.29, 1.82) is 0 Å². The first-order valence-corrected chi connectivity index (χ1v) is 9.92. The fourth-order valence-electron chi connectivity index (χ4n) is 2.94. The summed E-state index contributed by atoms with van der Waals surface area (Å²) < 4.78 is 34.4. The molecule has 0 bridgehead atoms. The molecule has 0 radical (unpaired) electrons. The van der Waals surface area contributed by atoms with E-state index in [9.17, 15) is 9.18 Å². The van der Waals surface area contributed by atoms with Gasteiger partial charge >= 0.3 is 5.97 Å². The number of nitrogens with zero attached hydrogens (tertiary/aromatic N) is 3. The molecule has 0 saturated carbocycles. The monoisotopic (exact) mass is 425 g/mol. The van der Waals surface area contributed by atoms with Crippen LogP contribution >= 0.6 is 11.8 Å². The maximum absolute atomic E-state index is 15.4. The minimum atomic E-state index is -0.866. The molecule has 5 nitrogen and oxygen atoms in total. The van der Waals surface area contributed by atoms with E-state index in [-0.39, 0.29) is 28.8 Å². The van der Waals surface area contributed by atoms with E-state index in [1.807, 2.05) is 30.3 Å². The summed E-state index contributed by atoms with van der Waals surface area (Å²) in [5.74, 6) is -1.68. The molecule has 0 fully saturated rings. The summed E-state index contributed by atoms with van der Waals surface area (Å²) in [6.07, 6.45) is -0.194. The Kier molecular flexibility index (Phi) is 7.06. The molecule has 0 amide bonds. The SMILES string of the molecule is COC(=O)c1cc(SCc2ccccc2)c(N=[N+]=[N-])c(F)c1Cc1ccccc1F. The van der Waals surface area contributed by atoms with Crippen LogP contribution in [0.4, 0.5) is 14.5 Å². The van der Waals surface area contributed by atoms with E-state index in [2.05, 4.69) is 10.0 Å². The fraction of sp³-hybridized carbons (Fsp3) is 0.136. The van der Waals surface area contributed by atoms with Crippen LogP contribution in [0.25, 0.3) is 10.4 Å². The molecule has 152 valence electrons. The van der Waals surface area contributed by atoms with Crippen molar-refractivity contribution in [2.75, 3.05) is 7.11 Å². The van der Waals surface area contributed by atoms with Gasteiger partial charge in [-0.2, -0.15) is 0 Å². The van der Waals surface area contributed by atoms with Crippen LogP contribution in [0.5, 0.6) is 0 Å². The van der Waals surface area contributed by atoms with Gasteiger partial charge in [-0.1, -0.05) is 53.6 Å². The molecule has 0 aliphatic rings. The second-order valence-electron chi connectivity index (χ2n) is 6.29. The lowest BCUT2D eigenvalue weighted by atomic mass is 9.98. The molecule has 8 heteroatoms. The standard InChI is InChI=1S/C22H17F2N3O2S/c1-29-22(28)17-12-19(30-13-14-7-3-2-4-8-14)21(26-27-25)20(24)16(17)11-15-9-5-6-10-18(15)23/h2-10,12H,11,13H2,1H3. The van der Waals surface area contributed by atoms with Crippen molar-refractivity contribution in [3.63, 3.8) is 0 Å². The van der Waals surface area contributed by atoms with Crippen molar-refractivity contribution >= 4 is 23.4 Å². The van der Waals surface area contributed by atoms with E-state index in [1.54, 1.807) is 6.07 Å². The summed E-state index contributed by atoms with van der Waals surface area (Å²) in [6.45, 7) is 0. The van der Waals surface area contributed by atoms with Crippen LogP contribution in [0.2, 0.25) is 0 Å². The molecule has 0 saturated heterocycles. The van der Waals surface area contributed by atoms with Gasteiger partial charge in [0.05, 0.1) is 18.4 Å². The highest BCUT2D eigenvalue weighted by molar-refractivity contribution is 7.98. The molecular formula is C22H17F2N3O2S. The van der Waals surface area contributed by atoms with Crippen molar-refractivity contribution in [2.24, 2.45) is 5.11 Å². The van der Waals surface area contributed by atoms with Crippen LogP contribution in [0.3, 0.4) is 0 Å². The third kappa shape index (κ3) is 4.79. The average Bonchev–Trinajstić information content (AvgIpc) is 2.77. The Morgan fingerprint density at radius 3 is 2.50 bits per heavy atom. The number of esters is 1. The molecule has 3 aromatic carbocycles. The highest BCUT2D eigenvalue weighted by Crippen LogP contribution is 2.38. The van der Waals surface area contributed by atoms with E-state index >= 15 is 4.39 Å². The minimum Gasteiger partial charge on any atom is -0.465 e. The van der Waals surface area contributed by atoms with Gasteiger partial charge in [-0.25, -0.2) is 13.6 Å². The van der Waals surface area contributed by atoms with Gasteiger partial charge in [-0.05, 0) is 28.8 Å². The molecule has 0 atom stereocenters. The van der Waals surface area contributed by atoms with Crippen LogP contribution < -0.4 is 0 Å². The van der Waals surface area contributed by atoms with Gasteiger partial charge in [0.15, 0.2) is 0 Å². The van der Waals surface area contributed by atoms with E-state index in [1.165, 1.54) is 43.1 Å². The lowest BCUT2D eigenvalue weighted by Gasteiger charge is -2.15. The molecule has 0 aliphatic carbocycles. The molecule has 0 N–H and O–H groups in total. The number of benzene rings is 3. The number of hydrogen-bond acceptors (Lipinski definition) is 4. The topological polar surface area (TPSA) is 75.1 Å². The molecule has 0 unspecified atom stereocenters. The number of ether oxygens (including phenoxy) is 1. The Hall–Kier alpha value is -3.35. The van der Waals surface area contributed by atoms with Gasteiger partial charge < -0.3 is 4.74 Å². The van der Waals surface area contributed by atoms with Gasteiger partial charge in [0, 0.05) is 27.5 Å². The highest BCUT2D eigenvalue weighted by Gasteiger charge is 2.23. The molecule has 30 heavy (non-hydrogen) atoms. The molecule has 0 spiro atoms. The molecule has 3 rings (SSSR count). The minimum absolute atomic E-state index is 0.0364. The zero-order valence-corrected chi connectivity index (χ0v) is 16.8. The Morgan fingerprint density at radius 1 is 1.13 bits per heavy atom. The van der Waals surface area contributed by atoms with Gasteiger partial charge in [0.25, 0.3) is 0 Å². The Balaban J connectivity index is 2.09. The maximum atomic E-state index is 15.4. The van der Waals surface area contributed by atoms with E-state index in [0.717, 1.165) is 5.56 Å². The number of hydrogen-bond donors (Lipinski definition) is 0. The van der Waals surface area contributed by atoms with Crippen LogP contribution in [-0.4, -0.2) is 13.1 Å². The maximum Gasteiger partial charge on any atom is 0.338 e. The summed E-state index contributed by atoms with van der Waals surface area (Å²) in [5, 5.41) is 3.51. The Morgan fingerprint density at radius 2 is 1.83 bits per heavy atom. The summed E-state index contributed by atoms with van der Waals surface area (Å²) in [5.41, 5.74) is 9.77. The van der Waals surface area contributed by atoms with Crippen molar-refractivity contribution in [3.05, 3.63) is 105 Å². The Bertz CT molecular complexity index is 1120. The van der Waals surface area contributed by atoms with Crippen molar-refractivity contribution < 1.29 is 18.3 Å². The van der Waals surface area contributed by atoms with Crippen molar-refractivity contribution in [3.8, 4) is 0 Å². The zero-order valence-electron chi connectivity index (χ0n) is 16.0. The van der Waals surface area contributed by atoms with E-state index in [4.69, 9.17) is 10.3 Å². The second-order valence-corrected chi connectivity index (χ2v) is 7.30. The predicted molar refractivity (Wildman–Crippen MR) is 112 cm³/mol. The average molecular weight is 425 g/mol. The normalized spacial score (nSPS) is 10.4. The van der Waals surface area contributed by atoms with Crippen LogP contribution in [-0.2, 0) is 16.9 Å². The molecule has 0 heterocycles. The van der Waals surface area contributed by atoms with Crippen LogP contribution in [0.1, 0.15) is 27.0 Å². The van der Waals surface area contributed by atoms with Crippen LogP contribution in [0.15, 0.2) is 70.7 Å². The highest BCUT2D eigenvalue weighted by atomic mass is 32.2. The molecule has 0 aliphatic heterocycles. The first kappa shape index (κ1) is 21.4. The fourth-order valence-corrected chi connectivity index (χ4v) is 3.92. The summed E-state index contributed by atoms with van der Waals surface area (Å²) in [7, 11) is 1.19. The summed E-state index contributed by atoms with van der Waals surface area (Å²) in [6, 6.07) is 16.8. The molecule has 0 aromatic heterocycles. The molecular weight excluding hydrogens is 408 g/mol. The number of carbonyl (C=O) groups is 1. The zero-order chi connectivity index (χ0) is 21.5. The van der Waals surface area contributed by atoms with Gasteiger partial charge in [0.2, 0.25) is 0 Å². The number of rotatable bonds is 7. The lowest BCUT2D eigenvalue weighted by Crippen LogP contribution is -2.10. The number of methoxy groups -OCH3 is 1. The summed E-state index contributed by atoms with van der Waals surface area (Å²) in [4.78, 5) is 15.4. The number of azide groups is 1. The van der Waals surface area contributed by atoms with Gasteiger partial charge in [0.1, 0.15) is 11.6 Å². The third-order valence-corrected chi connectivity index (χ3v) is 5.52. The van der Waals surface area contributed by atoms with E-state index in [0.29, 0.717) is 10.6 Å². The summed E-state index contributed by atoms with van der Waals surface area (Å²) >= 11 is 1.23. The quantitative estimate of drug-likeness (QED) is 0.141. The van der Waals surface area contributed by atoms with Crippen LogP contribution in [0, 0.1) is 11.6 Å². The number of halogens is 2. The largest absolute Gasteiger partial charge is 0.465 e.